The Kier molecular flexibility index (Phi) is 13.0. The zero-order valence-corrected chi connectivity index (χ0v) is 18.6. The third-order valence-electron chi connectivity index (χ3n) is 4.96. The molecule has 0 aromatic rings. The maximum absolute atomic E-state index is 4.85. The van der Waals surface area contributed by atoms with E-state index in [9.17, 15) is 0 Å². The molecule has 0 heterocycles. The van der Waals surface area contributed by atoms with Gasteiger partial charge in [0, 0.05) is 7.92 Å². The van der Waals surface area contributed by atoms with Crippen molar-refractivity contribution in [3.05, 3.63) is 7.43 Å². The minimum atomic E-state index is -0.346. The van der Waals surface area contributed by atoms with Gasteiger partial charge in [0.2, 0.25) is 0 Å². The van der Waals surface area contributed by atoms with Gasteiger partial charge in [0.15, 0.2) is 0 Å². The molecular weight excluding hydrogens is 407 g/mol. The molecule has 0 spiro atoms. The Bertz CT molecular complexity index is 226. The molecule has 0 amide bonds. The standard InChI is InChI=1S/C16H31P.CH3.2ClH.Ru/c1-16(2,3)17(14-10-6-4-7-11-14)15-12-8-5-9-13-15;;;;/h14-15H,4-13H2,1-3H3;1H3;2*1H;/q;-1;;;+2/p-1. The van der Waals surface area contributed by atoms with Gasteiger partial charge in [-0.2, -0.15) is 0 Å². The van der Waals surface area contributed by atoms with Crippen LogP contribution < -0.4 is 0 Å². The second kappa shape index (κ2) is 12.1. The Balaban J connectivity index is 0.000000922. The molecule has 0 saturated heterocycles. The quantitative estimate of drug-likeness (QED) is 0.236. The van der Waals surface area contributed by atoms with Gasteiger partial charge >= 0.3 is 34.5 Å². The first-order valence-corrected chi connectivity index (χ1v) is 14.4. The van der Waals surface area contributed by atoms with E-state index in [1.54, 1.807) is 25.7 Å². The van der Waals surface area contributed by atoms with Crippen molar-refractivity contribution in [1.29, 1.82) is 0 Å². The fourth-order valence-electron chi connectivity index (χ4n) is 4.39. The number of hydrogen-bond acceptors (Lipinski definition) is 0. The van der Waals surface area contributed by atoms with Gasteiger partial charge in [-0.3, -0.25) is 0 Å². The van der Waals surface area contributed by atoms with Crippen LogP contribution >= 0.6 is 27.3 Å². The molecule has 4 heteroatoms. The van der Waals surface area contributed by atoms with E-state index in [-0.39, 0.29) is 30.5 Å². The maximum atomic E-state index is 4.85. The van der Waals surface area contributed by atoms with Crippen molar-refractivity contribution in [1.82, 2.24) is 0 Å². The van der Waals surface area contributed by atoms with Crippen LogP contribution in [0.3, 0.4) is 0 Å². The first-order valence-electron chi connectivity index (χ1n) is 8.23. The zero-order chi connectivity index (χ0) is 15.0. The predicted octanol–water partition coefficient (Wildman–Crippen LogP) is 7.49. The van der Waals surface area contributed by atoms with E-state index in [4.69, 9.17) is 19.4 Å². The summed E-state index contributed by atoms with van der Waals surface area (Å²) in [4.78, 5) is 0. The van der Waals surface area contributed by atoms with Crippen molar-refractivity contribution in [2.24, 2.45) is 0 Å². The molecule has 2 aliphatic carbocycles. The van der Waals surface area contributed by atoms with E-state index in [0.29, 0.717) is 5.16 Å². The average Bonchev–Trinajstić information content (AvgIpc) is 2.41. The van der Waals surface area contributed by atoms with Crippen LogP contribution in [0.2, 0.25) is 0 Å². The number of halogens is 2. The van der Waals surface area contributed by atoms with Crippen LogP contribution in [-0.2, 0) is 15.1 Å². The molecule has 2 aliphatic rings. The van der Waals surface area contributed by atoms with Gasteiger partial charge in [0.25, 0.3) is 0 Å². The zero-order valence-electron chi connectivity index (χ0n) is 14.3. The summed E-state index contributed by atoms with van der Waals surface area (Å²) in [6, 6.07) is 0. The van der Waals surface area contributed by atoms with Gasteiger partial charge < -0.3 is 7.43 Å². The Morgan fingerprint density at radius 3 is 1.29 bits per heavy atom. The summed E-state index contributed by atoms with van der Waals surface area (Å²) in [6.07, 6.45) is 15.4. The van der Waals surface area contributed by atoms with Crippen LogP contribution in [0.5, 0.6) is 0 Å². The third kappa shape index (κ3) is 8.33. The van der Waals surface area contributed by atoms with Crippen LogP contribution in [0.4, 0.5) is 0 Å². The minimum absolute atomic E-state index is 0. The summed E-state index contributed by atoms with van der Waals surface area (Å²) >= 11 is -0.346. The summed E-state index contributed by atoms with van der Waals surface area (Å²) in [7, 11) is 9.55. The van der Waals surface area contributed by atoms with Crippen LogP contribution in [0.1, 0.15) is 85.0 Å². The molecule has 0 aliphatic heterocycles. The molecule has 2 rings (SSSR count). The van der Waals surface area contributed by atoms with Gasteiger partial charge in [-0.15, -0.1) is 0 Å². The molecule has 0 aromatic carbocycles. The Morgan fingerprint density at radius 1 is 0.762 bits per heavy atom. The molecule has 0 nitrogen and oxygen atoms in total. The predicted molar refractivity (Wildman–Crippen MR) is 99.9 cm³/mol. The van der Waals surface area contributed by atoms with Crippen LogP contribution in [0.25, 0.3) is 0 Å². The summed E-state index contributed by atoms with van der Waals surface area (Å²) in [5.41, 5.74) is 2.30. The van der Waals surface area contributed by atoms with Crippen molar-refractivity contribution in [2.75, 3.05) is 0 Å². The summed E-state index contributed by atoms with van der Waals surface area (Å²) in [5.74, 6) is 0. The Hall–Kier alpha value is 1.63. The van der Waals surface area contributed by atoms with Gasteiger partial charge in [0.05, 0.1) is 16.5 Å². The molecule has 0 atom stereocenters. The number of rotatable bonds is 2. The fraction of sp³-hybridized carbons (Fsp3) is 0.941. The second-order valence-electron chi connectivity index (χ2n) is 7.43. The van der Waals surface area contributed by atoms with Crippen molar-refractivity contribution in [3.63, 3.8) is 0 Å². The van der Waals surface area contributed by atoms with Crippen molar-refractivity contribution in [3.8, 4) is 0 Å². The van der Waals surface area contributed by atoms with Crippen LogP contribution in [0.15, 0.2) is 0 Å². The molecule has 0 bridgehead atoms. The molecule has 2 fully saturated rings. The molecule has 2 saturated carbocycles. The molecule has 0 radical (unpaired) electrons. The monoisotopic (exact) mass is 442 g/mol. The SMILES string of the molecule is CC(C)(C)[PH+](C1CCCCC1)C1CCCCC1.[CH3-].[Cl][Ru][Cl]. The Morgan fingerprint density at radius 2 is 1.05 bits per heavy atom. The fourth-order valence-corrected chi connectivity index (χ4v) is 9.56. The molecule has 130 valence electrons. The van der Waals surface area contributed by atoms with Crippen LogP contribution in [-0.4, -0.2) is 16.5 Å². The topological polar surface area (TPSA) is 0 Å². The van der Waals surface area contributed by atoms with Gasteiger partial charge in [-0.1, -0.05) is 12.8 Å². The Labute approximate surface area is 150 Å². The third-order valence-corrected chi connectivity index (χ3v) is 9.60. The summed E-state index contributed by atoms with van der Waals surface area (Å²) in [6.45, 7) is 7.64. The summed E-state index contributed by atoms with van der Waals surface area (Å²) in [5, 5.41) is 0.634. The molecule has 0 aromatic heterocycles. The molecule has 0 unspecified atom stereocenters. The van der Waals surface area contributed by atoms with E-state index in [1.807, 2.05) is 0 Å². The van der Waals surface area contributed by atoms with E-state index < -0.39 is 0 Å². The van der Waals surface area contributed by atoms with E-state index in [0.717, 1.165) is 11.3 Å². The van der Waals surface area contributed by atoms with Crippen LogP contribution in [0, 0.1) is 7.43 Å². The second-order valence-corrected chi connectivity index (χ2v) is 14.1. The van der Waals surface area contributed by atoms with E-state index in [2.05, 4.69) is 20.8 Å². The van der Waals surface area contributed by atoms with Crippen molar-refractivity contribution < 1.29 is 15.1 Å². The molecular formula is C17H35Cl2PRu. The number of hydrogen-bond donors (Lipinski definition) is 0. The van der Waals surface area contributed by atoms with Crippen molar-refractivity contribution >= 4 is 27.3 Å². The summed E-state index contributed by atoms with van der Waals surface area (Å²) < 4.78 is 0. The normalized spacial score (nSPS) is 21.6. The van der Waals surface area contributed by atoms with Crippen molar-refractivity contribution in [2.45, 2.75) is 101 Å². The molecule has 0 N–H and O–H groups in total. The van der Waals surface area contributed by atoms with Gasteiger partial charge in [-0.05, 0) is 72.1 Å². The van der Waals surface area contributed by atoms with Gasteiger partial charge in [0.1, 0.15) is 0 Å². The first kappa shape index (κ1) is 22.6. The van der Waals surface area contributed by atoms with E-state index in [1.165, 1.54) is 38.5 Å². The van der Waals surface area contributed by atoms with E-state index >= 15 is 0 Å². The average molecular weight is 442 g/mol. The first-order chi connectivity index (χ1) is 9.50. The van der Waals surface area contributed by atoms with Gasteiger partial charge in [-0.25, -0.2) is 0 Å². The molecule has 21 heavy (non-hydrogen) atoms.